The molecule has 9 nitrogen and oxygen atoms in total. The molecule has 2 aliphatic heterocycles. The van der Waals surface area contributed by atoms with Gasteiger partial charge in [-0.15, -0.1) is 24.8 Å². The van der Waals surface area contributed by atoms with Crippen molar-refractivity contribution in [1.82, 2.24) is 10.2 Å². The number of phenols is 1. The van der Waals surface area contributed by atoms with E-state index >= 15 is 0 Å². The van der Waals surface area contributed by atoms with E-state index in [-0.39, 0.29) is 48.1 Å². The van der Waals surface area contributed by atoms with E-state index in [4.69, 9.17) is 14.6 Å². The topological polar surface area (TPSA) is 129 Å². The maximum absolute atomic E-state index is 11.7. The third-order valence-electron chi connectivity index (χ3n) is 7.99. The van der Waals surface area contributed by atoms with Crippen LogP contribution in [0.2, 0.25) is 0 Å². The number of likely N-dealkylation sites (N-methyl/N-ethyl adjacent to an activating group) is 1. The zero-order valence-corrected chi connectivity index (χ0v) is 20.1. The van der Waals surface area contributed by atoms with Gasteiger partial charge in [0, 0.05) is 34.7 Å². The second kappa shape index (κ2) is 9.02. The average molecular weight is 505 g/mol. The molecule has 2 fully saturated rings. The van der Waals surface area contributed by atoms with Crippen molar-refractivity contribution in [1.29, 1.82) is 0 Å². The van der Waals surface area contributed by atoms with Gasteiger partial charge in [0.05, 0.1) is 13.5 Å². The number of methoxy groups -OCH3 is 1. The highest BCUT2D eigenvalue weighted by molar-refractivity contribution is 5.85. The van der Waals surface area contributed by atoms with Gasteiger partial charge in [0.1, 0.15) is 17.9 Å². The summed E-state index contributed by atoms with van der Waals surface area (Å²) < 4.78 is 12.0. The van der Waals surface area contributed by atoms with Crippen LogP contribution in [0, 0.1) is 5.92 Å². The molecule has 4 aliphatic rings. The molecule has 11 heteroatoms. The van der Waals surface area contributed by atoms with Crippen LogP contribution in [0.25, 0.3) is 0 Å². The van der Waals surface area contributed by atoms with Crippen molar-refractivity contribution < 1.29 is 34.4 Å². The largest absolute Gasteiger partial charge is 0.504 e. The highest BCUT2D eigenvalue weighted by Crippen LogP contribution is 2.65. The van der Waals surface area contributed by atoms with Gasteiger partial charge >= 0.3 is 11.9 Å². The third-order valence-corrected chi connectivity index (χ3v) is 7.99. The number of carboxylic acid groups (broad SMARTS) is 2. The van der Waals surface area contributed by atoms with E-state index in [1.165, 1.54) is 0 Å². The molecular formula is C22H30Cl2N2O7. The number of phenolic OH excluding ortho intramolecular Hbond substituents is 1. The zero-order valence-electron chi connectivity index (χ0n) is 18.4. The molecule has 2 aliphatic carbocycles. The van der Waals surface area contributed by atoms with Gasteiger partial charge in [-0.05, 0) is 45.2 Å². The summed E-state index contributed by atoms with van der Waals surface area (Å²) in [5, 5.41) is 32.5. The molecule has 5 rings (SSSR count). The Labute approximate surface area is 204 Å². The standard InChI is InChI=1S/C22H28N2O7.2ClH/c1-24-6-5-22-11-3-4-12(23-13(21(28)29)8-17(26)27)20(22)31-19-15(25)9-16(30-2)10(18(19)22)7-14(11)24;;/h9,11-14,20,23,25H,3-8H2,1-2H3,(H,26,27)(H,28,29);2*1H/t11-,12+,13-,14+,20-,22-;;/m0../s1. The number of rotatable bonds is 6. The van der Waals surface area contributed by atoms with Gasteiger partial charge in [0.25, 0.3) is 0 Å². The Balaban J connectivity index is 0.00000153. The molecule has 0 radical (unpaired) electrons. The van der Waals surface area contributed by atoms with Crippen LogP contribution < -0.4 is 14.8 Å². The van der Waals surface area contributed by atoms with Crippen LogP contribution in [0.4, 0.5) is 0 Å². The number of aliphatic carboxylic acids is 2. The van der Waals surface area contributed by atoms with Gasteiger partial charge in [0.2, 0.25) is 0 Å². The lowest BCUT2D eigenvalue weighted by Crippen LogP contribution is -2.69. The van der Waals surface area contributed by atoms with E-state index in [0.717, 1.165) is 36.9 Å². The molecule has 2 bridgehead atoms. The summed E-state index contributed by atoms with van der Waals surface area (Å²) in [5.74, 6) is -0.862. The van der Waals surface area contributed by atoms with E-state index in [2.05, 4.69) is 17.3 Å². The summed E-state index contributed by atoms with van der Waals surface area (Å²) in [5.41, 5.74) is 1.72. The van der Waals surface area contributed by atoms with Crippen LogP contribution in [0.15, 0.2) is 6.07 Å². The zero-order chi connectivity index (χ0) is 22.1. The fourth-order valence-electron chi connectivity index (χ4n) is 6.79. The molecule has 6 atom stereocenters. The van der Waals surface area contributed by atoms with Crippen LogP contribution in [0.3, 0.4) is 0 Å². The van der Waals surface area contributed by atoms with Crippen LogP contribution in [-0.4, -0.2) is 77.1 Å². The number of piperidine rings is 1. The Hall–Kier alpha value is -1.94. The van der Waals surface area contributed by atoms with E-state index < -0.39 is 24.4 Å². The minimum absolute atomic E-state index is 0. The van der Waals surface area contributed by atoms with Crippen molar-refractivity contribution in [3.8, 4) is 17.2 Å². The molecule has 184 valence electrons. The monoisotopic (exact) mass is 504 g/mol. The summed E-state index contributed by atoms with van der Waals surface area (Å²) in [4.78, 5) is 25.3. The Morgan fingerprint density at radius 3 is 2.70 bits per heavy atom. The number of aromatic hydroxyl groups is 1. The SMILES string of the molecule is COc1cc(O)c2c3c1C[C@@H]1[C@@H]4CC[C@@H](N[C@@H](CC(=O)O)C(=O)O)[C@H](O2)[C@]34CCN1C.Cl.Cl. The molecule has 0 amide bonds. The quantitative estimate of drug-likeness (QED) is 0.458. The first-order chi connectivity index (χ1) is 14.8. The van der Waals surface area contributed by atoms with E-state index in [9.17, 15) is 19.8 Å². The Bertz CT molecular complexity index is 961. The normalized spacial score (nSPS) is 31.8. The minimum Gasteiger partial charge on any atom is -0.504 e. The van der Waals surface area contributed by atoms with E-state index in [1.807, 2.05) is 0 Å². The molecular weight excluding hydrogens is 475 g/mol. The number of benzene rings is 1. The first-order valence-corrected chi connectivity index (χ1v) is 10.8. The van der Waals surface area contributed by atoms with Crippen molar-refractivity contribution in [2.24, 2.45) is 5.92 Å². The lowest BCUT2D eigenvalue weighted by Gasteiger charge is -2.59. The number of hydrogen-bond acceptors (Lipinski definition) is 7. The fourth-order valence-corrected chi connectivity index (χ4v) is 6.79. The third kappa shape index (κ3) is 3.60. The van der Waals surface area contributed by atoms with Gasteiger partial charge in [-0.1, -0.05) is 0 Å². The summed E-state index contributed by atoms with van der Waals surface area (Å²) in [6.45, 7) is 0.877. The lowest BCUT2D eigenvalue weighted by atomic mass is 9.51. The predicted molar refractivity (Wildman–Crippen MR) is 123 cm³/mol. The maximum Gasteiger partial charge on any atom is 0.321 e. The number of carbonyl (C=O) groups is 2. The number of likely N-dealkylation sites (tertiary alicyclic amines) is 1. The Morgan fingerprint density at radius 2 is 2.06 bits per heavy atom. The second-order valence-corrected chi connectivity index (χ2v) is 9.31. The van der Waals surface area contributed by atoms with Gasteiger partial charge in [-0.25, -0.2) is 0 Å². The van der Waals surface area contributed by atoms with E-state index in [1.54, 1.807) is 13.2 Å². The van der Waals surface area contributed by atoms with Crippen LogP contribution >= 0.6 is 24.8 Å². The van der Waals surface area contributed by atoms with Gasteiger partial charge in [0.15, 0.2) is 11.5 Å². The van der Waals surface area contributed by atoms with Crippen molar-refractivity contribution in [3.05, 3.63) is 17.2 Å². The maximum atomic E-state index is 11.7. The number of ether oxygens (including phenoxy) is 2. The Morgan fingerprint density at radius 1 is 1.33 bits per heavy atom. The molecule has 0 aromatic heterocycles. The summed E-state index contributed by atoms with van der Waals surface area (Å²) in [6.07, 6.45) is 2.34. The van der Waals surface area contributed by atoms with Gasteiger partial charge in [-0.2, -0.15) is 0 Å². The minimum atomic E-state index is -1.20. The molecule has 1 aromatic carbocycles. The highest BCUT2D eigenvalue weighted by Gasteiger charge is 2.66. The molecule has 0 unspecified atom stereocenters. The van der Waals surface area contributed by atoms with Gasteiger partial charge < -0.3 is 29.7 Å². The van der Waals surface area contributed by atoms with Crippen LogP contribution in [0.1, 0.15) is 36.8 Å². The molecule has 1 spiro atoms. The second-order valence-electron chi connectivity index (χ2n) is 9.31. The highest BCUT2D eigenvalue weighted by atomic mass is 35.5. The smallest absolute Gasteiger partial charge is 0.321 e. The molecule has 1 saturated carbocycles. The van der Waals surface area contributed by atoms with Crippen molar-refractivity contribution >= 4 is 36.8 Å². The number of nitrogens with one attached hydrogen (secondary N) is 1. The molecule has 2 heterocycles. The molecule has 1 aromatic rings. The number of carboxylic acids is 2. The predicted octanol–water partition coefficient (Wildman–Crippen LogP) is 1.80. The van der Waals surface area contributed by atoms with Crippen molar-refractivity contribution in [2.45, 2.75) is 61.7 Å². The van der Waals surface area contributed by atoms with Crippen molar-refractivity contribution in [3.63, 3.8) is 0 Å². The van der Waals surface area contributed by atoms with Crippen molar-refractivity contribution in [2.75, 3.05) is 20.7 Å². The summed E-state index contributed by atoms with van der Waals surface area (Å²) in [7, 11) is 3.74. The number of nitrogens with zero attached hydrogens (tertiary/aromatic N) is 1. The average Bonchev–Trinajstić information content (AvgIpc) is 3.07. The fraction of sp³-hybridized carbons (Fsp3) is 0.636. The first-order valence-electron chi connectivity index (χ1n) is 10.8. The lowest BCUT2D eigenvalue weighted by molar-refractivity contribution is -0.146. The Kier molecular flexibility index (Phi) is 7.02. The van der Waals surface area contributed by atoms with Crippen LogP contribution in [-0.2, 0) is 21.4 Å². The molecule has 33 heavy (non-hydrogen) atoms. The van der Waals surface area contributed by atoms with Crippen LogP contribution in [0.5, 0.6) is 17.2 Å². The summed E-state index contributed by atoms with van der Waals surface area (Å²) in [6, 6.07) is 0.387. The molecule has 4 N–H and O–H groups in total. The number of halogens is 2. The molecule has 1 saturated heterocycles. The number of hydrogen-bond donors (Lipinski definition) is 4. The first kappa shape index (κ1) is 25.7. The van der Waals surface area contributed by atoms with Gasteiger partial charge in [-0.3, -0.25) is 14.9 Å². The van der Waals surface area contributed by atoms with E-state index in [0.29, 0.717) is 29.9 Å². The summed E-state index contributed by atoms with van der Waals surface area (Å²) >= 11 is 0.